The monoisotopic (exact) mass is 264 g/mol. The third-order valence-corrected chi connectivity index (χ3v) is 3.64. The normalized spacial score (nSPS) is 11.4. The van der Waals surface area contributed by atoms with Gasteiger partial charge >= 0.3 is 0 Å². The van der Waals surface area contributed by atoms with Gasteiger partial charge in [-0.15, -0.1) is 0 Å². The topological polar surface area (TPSA) is 69.0 Å². The van der Waals surface area contributed by atoms with E-state index in [-0.39, 0.29) is 10.7 Å². The van der Waals surface area contributed by atoms with Gasteiger partial charge in [-0.1, -0.05) is 0 Å². The lowest BCUT2D eigenvalue weighted by Crippen LogP contribution is -2.02. The Kier molecular flexibility index (Phi) is 3.04. The Morgan fingerprint density at radius 3 is 2.22 bits per heavy atom. The number of nitrogens with zero attached hydrogens (tertiary/aromatic N) is 2. The molecule has 0 atom stereocenters. The Balaban J connectivity index is 2.33. The lowest BCUT2D eigenvalue weighted by atomic mass is 10.1. The predicted octanol–water partition coefficient (Wildman–Crippen LogP) is 1.05. The fraction of sp³-hybridized carbons (Fsp3) is 0.167. The highest BCUT2D eigenvalue weighted by molar-refractivity contribution is 7.90. The molecule has 2 rings (SSSR count). The van der Waals surface area contributed by atoms with Crippen molar-refractivity contribution < 1.29 is 13.2 Å². The summed E-state index contributed by atoms with van der Waals surface area (Å²) in [5.74, 6) is -0.178. The Hall–Kier alpha value is -1.95. The highest BCUT2D eigenvalue weighted by Crippen LogP contribution is 2.13. The van der Waals surface area contributed by atoms with Gasteiger partial charge in [-0.2, -0.15) is 5.10 Å². The van der Waals surface area contributed by atoms with E-state index in [1.165, 1.54) is 35.1 Å². The molecule has 0 bridgehead atoms. The zero-order chi connectivity index (χ0) is 13.3. The van der Waals surface area contributed by atoms with Crippen LogP contribution < -0.4 is 0 Å². The molecule has 5 nitrogen and oxygen atoms in total. The predicted molar refractivity (Wildman–Crippen MR) is 66.2 cm³/mol. The van der Waals surface area contributed by atoms with Crippen LogP contribution in [0.4, 0.5) is 0 Å². The summed E-state index contributed by atoms with van der Waals surface area (Å²) < 4.78 is 24.1. The number of aromatic nitrogens is 2. The van der Waals surface area contributed by atoms with Crippen molar-refractivity contribution in [1.82, 2.24) is 9.78 Å². The Labute approximate surface area is 105 Å². The summed E-state index contributed by atoms with van der Waals surface area (Å²) in [5, 5.41) is 3.92. The standard InChI is InChI=1S/C12H12N2O3S/c1-14-8-10(7-13-14)12(15)9-3-5-11(6-4-9)18(2,16)17/h3-8H,1-2H3. The molecule has 0 saturated heterocycles. The first-order valence-electron chi connectivity index (χ1n) is 5.21. The zero-order valence-electron chi connectivity index (χ0n) is 9.99. The molecular weight excluding hydrogens is 252 g/mol. The fourth-order valence-electron chi connectivity index (χ4n) is 1.56. The van der Waals surface area contributed by atoms with Crippen LogP contribution in [0.5, 0.6) is 0 Å². The van der Waals surface area contributed by atoms with Gasteiger partial charge in [0.2, 0.25) is 0 Å². The van der Waals surface area contributed by atoms with Gasteiger partial charge in [0.05, 0.1) is 16.7 Å². The van der Waals surface area contributed by atoms with Gasteiger partial charge in [0.1, 0.15) is 0 Å². The molecular formula is C12H12N2O3S. The molecule has 0 fully saturated rings. The number of hydrogen-bond acceptors (Lipinski definition) is 4. The summed E-state index contributed by atoms with van der Waals surface area (Å²) in [6.45, 7) is 0. The minimum Gasteiger partial charge on any atom is -0.288 e. The van der Waals surface area contributed by atoms with Crippen LogP contribution in [0.15, 0.2) is 41.6 Å². The summed E-state index contributed by atoms with van der Waals surface area (Å²) in [4.78, 5) is 12.2. The lowest BCUT2D eigenvalue weighted by Gasteiger charge is -2.00. The van der Waals surface area contributed by atoms with E-state index in [1.54, 1.807) is 13.2 Å². The maximum absolute atomic E-state index is 12.0. The molecule has 0 unspecified atom stereocenters. The minimum absolute atomic E-state index is 0.178. The SMILES string of the molecule is Cn1cc(C(=O)c2ccc(S(C)(=O)=O)cc2)cn1. The van der Waals surface area contributed by atoms with E-state index in [1.807, 2.05) is 0 Å². The highest BCUT2D eigenvalue weighted by atomic mass is 32.2. The smallest absolute Gasteiger partial charge is 0.196 e. The van der Waals surface area contributed by atoms with Crippen LogP contribution in [0.3, 0.4) is 0 Å². The van der Waals surface area contributed by atoms with Gasteiger partial charge in [0, 0.05) is 25.1 Å². The van der Waals surface area contributed by atoms with Crippen LogP contribution in [-0.4, -0.2) is 30.2 Å². The number of aryl methyl sites for hydroxylation is 1. The van der Waals surface area contributed by atoms with Gasteiger partial charge in [0.25, 0.3) is 0 Å². The number of hydrogen-bond donors (Lipinski definition) is 0. The summed E-state index contributed by atoms with van der Waals surface area (Å²) >= 11 is 0. The summed E-state index contributed by atoms with van der Waals surface area (Å²) in [7, 11) is -1.51. The quantitative estimate of drug-likeness (QED) is 0.777. The molecule has 1 aromatic heterocycles. The van der Waals surface area contributed by atoms with Crippen molar-refractivity contribution in [3.05, 3.63) is 47.8 Å². The fourth-order valence-corrected chi connectivity index (χ4v) is 2.19. The van der Waals surface area contributed by atoms with E-state index < -0.39 is 9.84 Å². The molecule has 0 radical (unpaired) electrons. The summed E-state index contributed by atoms with van der Waals surface area (Å²) in [6.07, 6.45) is 4.23. The molecule has 6 heteroatoms. The van der Waals surface area contributed by atoms with E-state index in [4.69, 9.17) is 0 Å². The molecule has 1 aromatic carbocycles. The van der Waals surface area contributed by atoms with Crippen LogP contribution in [0.1, 0.15) is 15.9 Å². The first-order chi connectivity index (χ1) is 8.38. The largest absolute Gasteiger partial charge is 0.288 e. The van der Waals surface area contributed by atoms with E-state index in [2.05, 4.69) is 5.10 Å². The first kappa shape index (κ1) is 12.5. The van der Waals surface area contributed by atoms with E-state index in [9.17, 15) is 13.2 Å². The number of carbonyl (C=O) groups excluding carboxylic acids is 1. The average Bonchev–Trinajstić information content (AvgIpc) is 2.74. The van der Waals surface area contributed by atoms with Gasteiger partial charge in [-0.25, -0.2) is 8.42 Å². The van der Waals surface area contributed by atoms with E-state index in [0.717, 1.165) is 6.26 Å². The van der Waals surface area contributed by atoms with Crippen molar-refractivity contribution >= 4 is 15.6 Å². The van der Waals surface area contributed by atoms with Gasteiger partial charge in [-0.05, 0) is 24.3 Å². The molecule has 0 aliphatic carbocycles. The lowest BCUT2D eigenvalue weighted by molar-refractivity contribution is 0.103. The second-order valence-electron chi connectivity index (χ2n) is 4.03. The second-order valence-corrected chi connectivity index (χ2v) is 6.04. The number of carbonyl (C=O) groups is 1. The van der Waals surface area contributed by atoms with Gasteiger partial charge in [0.15, 0.2) is 15.6 Å². The molecule has 0 amide bonds. The number of benzene rings is 1. The Bertz CT molecular complexity index is 684. The molecule has 2 aromatic rings. The number of rotatable bonds is 3. The van der Waals surface area contributed by atoms with Crippen LogP contribution in [-0.2, 0) is 16.9 Å². The summed E-state index contributed by atoms with van der Waals surface area (Å²) in [5.41, 5.74) is 0.917. The molecule has 18 heavy (non-hydrogen) atoms. The molecule has 0 aliphatic heterocycles. The van der Waals surface area contributed by atoms with Crippen molar-refractivity contribution in [2.75, 3.05) is 6.26 Å². The van der Waals surface area contributed by atoms with Crippen LogP contribution in [0, 0.1) is 0 Å². The maximum Gasteiger partial charge on any atom is 0.196 e. The minimum atomic E-state index is -3.23. The molecule has 0 spiro atoms. The van der Waals surface area contributed by atoms with Gasteiger partial charge in [-0.3, -0.25) is 9.48 Å². The van der Waals surface area contributed by atoms with E-state index >= 15 is 0 Å². The number of ketones is 1. The van der Waals surface area contributed by atoms with Crippen LogP contribution in [0.2, 0.25) is 0 Å². The van der Waals surface area contributed by atoms with Gasteiger partial charge < -0.3 is 0 Å². The van der Waals surface area contributed by atoms with Crippen molar-refractivity contribution in [3.63, 3.8) is 0 Å². The molecule has 0 aliphatic rings. The average molecular weight is 264 g/mol. The third kappa shape index (κ3) is 2.48. The van der Waals surface area contributed by atoms with Crippen molar-refractivity contribution in [2.45, 2.75) is 4.90 Å². The highest BCUT2D eigenvalue weighted by Gasteiger charge is 2.12. The molecule has 1 heterocycles. The van der Waals surface area contributed by atoms with Crippen LogP contribution >= 0.6 is 0 Å². The number of sulfone groups is 1. The van der Waals surface area contributed by atoms with Crippen molar-refractivity contribution in [2.24, 2.45) is 7.05 Å². The molecule has 94 valence electrons. The third-order valence-electron chi connectivity index (χ3n) is 2.51. The molecule has 0 N–H and O–H groups in total. The summed E-state index contributed by atoms with van der Waals surface area (Å²) in [6, 6.07) is 5.87. The first-order valence-corrected chi connectivity index (χ1v) is 7.10. The Morgan fingerprint density at radius 2 is 1.78 bits per heavy atom. The molecule has 0 saturated carbocycles. The zero-order valence-corrected chi connectivity index (χ0v) is 10.8. The van der Waals surface area contributed by atoms with Crippen molar-refractivity contribution in [1.29, 1.82) is 0 Å². The second kappa shape index (κ2) is 4.38. The van der Waals surface area contributed by atoms with Crippen LogP contribution in [0.25, 0.3) is 0 Å². The maximum atomic E-state index is 12.0. The Morgan fingerprint density at radius 1 is 1.17 bits per heavy atom. The van der Waals surface area contributed by atoms with Crippen molar-refractivity contribution in [3.8, 4) is 0 Å². The van der Waals surface area contributed by atoms with E-state index in [0.29, 0.717) is 11.1 Å².